The predicted molar refractivity (Wildman–Crippen MR) is 63.1 cm³/mol. The fraction of sp³-hybridized carbons (Fsp3) is 0.364. The van der Waals surface area contributed by atoms with Crippen LogP contribution in [-0.4, -0.2) is 26.3 Å². The summed E-state index contributed by atoms with van der Waals surface area (Å²) in [5.41, 5.74) is 1.91. The maximum atomic E-state index is 4.24. The molecule has 0 unspecified atom stereocenters. The summed E-state index contributed by atoms with van der Waals surface area (Å²) in [4.78, 5) is 8.37. The van der Waals surface area contributed by atoms with E-state index in [1.54, 1.807) is 6.33 Å². The summed E-state index contributed by atoms with van der Waals surface area (Å²) in [6.07, 6.45) is 5.37. The lowest BCUT2D eigenvalue weighted by atomic mass is 10.2. The van der Waals surface area contributed by atoms with Crippen LogP contribution in [-0.2, 0) is 6.54 Å². The van der Waals surface area contributed by atoms with Crippen LogP contribution in [0.3, 0.4) is 0 Å². The summed E-state index contributed by atoms with van der Waals surface area (Å²) >= 11 is 0. The van der Waals surface area contributed by atoms with Crippen LogP contribution in [0.2, 0.25) is 0 Å². The average Bonchev–Trinajstić information content (AvgIpc) is 2.78. The Morgan fingerprint density at radius 3 is 2.88 bits per heavy atom. The molecule has 5 nitrogen and oxygen atoms in total. The van der Waals surface area contributed by atoms with Crippen LogP contribution >= 0.6 is 0 Å². The highest BCUT2D eigenvalue weighted by Gasteiger charge is 2.03. The van der Waals surface area contributed by atoms with Gasteiger partial charge in [0, 0.05) is 30.9 Å². The molecule has 84 valence electrons. The molecule has 0 fully saturated rings. The zero-order valence-corrected chi connectivity index (χ0v) is 9.51. The minimum atomic E-state index is 0.844. The molecule has 0 aliphatic rings. The minimum Gasteiger partial charge on any atom is -0.370 e. The molecule has 0 aliphatic heterocycles. The summed E-state index contributed by atoms with van der Waals surface area (Å²) in [5, 5.41) is 7.38. The smallest absolute Gasteiger partial charge is 0.129 e. The molecule has 0 aliphatic carbocycles. The number of nitrogens with one attached hydrogen (secondary N) is 1. The van der Waals surface area contributed by atoms with Crippen molar-refractivity contribution >= 4 is 5.82 Å². The van der Waals surface area contributed by atoms with Crippen LogP contribution in [0.25, 0.3) is 11.3 Å². The lowest BCUT2D eigenvalue weighted by Crippen LogP contribution is -1.99. The monoisotopic (exact) mass is 217 g/mol. The molecule has 0 saturated heterocycles. The number of aryl methyl sites for hydroxylation is 1. The lowest BCUT2D eigenvalue weighted by molar-refractivity contribution is 0.660. The van der Waals surface area contributed by atoms with Crippen molar-refractivity contribution in [3.8, 4) is 11.3 Å². The maximum Gasteiger partial charge on any atom is 0.129 e. The number of hydrogen-bond donors (Lipinski definition) is 1. The highest BCUT2D eigenvalue weighted by molar-refractivity contribution is 5.60. The van der Waals surface area contributed by atoms with Crippen molar-refractivity contribution in [2.45, 2.75) is 20.4 Å². The van der Waals surface area contributed by atoms with E-state index in [0.717, 1.165) is 30.2 Å². The lowest BCUT2D eigenvalue weighted by Gasteiger charge is -2.02. The van der Waals surface area contributed by atoms with E-state index in [0.29, 0.717) is 0 Å². The van der Waals surface area contributed by atoms with E-state index in [1.807, 2.05) is 30.1 Å². The molecule has 0 bridgehead atoms. The minimum absolute atomic E-state index is 0.844. The summed E-state index contributed by atoms with van der Waals surface area (Å²) in [5.74, 6) is 0.844. The fourth-order valence-electron chi connectivity index (χ4n) is 1.46. The van der Waals surface area contributed by atoms with Crippen LogP contribution in [0.15, 0.2) is 24.8 Å². The Morgan fingerprint density at radius 1 is 1.31 bits per heavy atom. The Bertz CT molecular complexity index is 463. The molecular weight excluding hydrogens is 202 g/mol. The molecule has 2 rings (SSSR count). The second-order valence-corrected chi connectivity index (χ2v) is 3.40. The summed E-state index contributed by atoms with van der Waals surface area (Å²) in [7, 11) is 0. The number of hydrogen-bond acceptors (Lipinski definition) is 4. The van der Waals surface area contributed by atoms with E-state index in [-0.39, 0.29) is 0 Å². The van der Waals surface area contributed by atoms with Crippen molar-refractivity contribution in [1.82, 2.24) is 19.7 Å². The quantitative estimate of drug-likeness (QED) is 0.848. The molecule has 2 aromatic rings. The zero-order valence-electron chi connectivity index (χ0n) is 9.51. The van der Waals surface area contributed by atoms with Gasteiger partial charge in [0.1, 0.15) is 12.1 Å². The third kappa shape index (κ3) is 2.18. The van der Waals surface area contributed by atoms with Gasteiger partial charge >= 0.3 is 0 Å². The Kier molecular flexibility index (Phi) is 3.14. The van der Waals surface area contributed by atoms with E-state index in [2.05, 4.69) is 27.3 Å². The average molecular weight is 217 g/mol. The second kappa shape index (κ2) is 4.74. The van der Waals surface area contributed by atoms with Gasteiger partial charge in [0.15, 0.2) is 0 Å². The van der Waals surface area contributed by atoms with Gasteiger partial charge < -0.3 is 5.32 Å². The molecule has 0 saturated carbocycles. The molecule has 5 heteroatoms. The van der Waals surface area contributed by atoms with Gasteiger partial charge in [0.05, 0.1) is 11.9 Å². The highest BCUT2D eigenvalue weighted by Crippen LogP contribution is 2.17. The molecule has 0 spiro atoms. The molecule has 0 atom stereocenters. The molecule has 0 aromatic carbocycles. The molecule has 0 amide bonds. The van der Waals surface area contributed by atoms with Gasteiger partial charge in [-0.05, 0) is 13.8 Å². The van der Waals surface area contributed by atoms with Crippen LogP contribution in [0.4, 0.5) is 5.82 Å². The Labute approximate surface area is 94.5 Å². The van der Waals surface area contributed by atoms with E-state index in [4.69, 9.17) is 0 Å². The van der Waals surface area contributed by atoms with Crippen LogP contribution in [0, 0.1) is 0 Å². The molecular formula is C11H15N5. The summed E-state index contributed by atoms with van der Waals surface area (Å²) in [6, 6.07) is 1.93. The van der Waals surface area contributed by atoms with Crippen molar-refractivity contribution in [1.29, 1.82) is 0 Å². The summed E-state index contributed by atoms with van der Waals surface area (Å²) < 4.78 is 1.88. The number of nitrogens with zero attached hydrogens (tertiary/aromatic N) is 4. The van der Waals surface area contributed by atoms with E-state index in [1.165, 1.54) is 0 Å². The van der Waals surface area contributed by atoms with Gasteiger partial charge in [-0.25, -0.2) is 9.97 Å². The SMILES string of the molecule is CCNc1cc(-c2cnn(CC)c2)ncn1. The highest BCUT2D eigenvalue weighted by atomic mass is 15.3. The Hall–Kier alpha value is -1.91. The van der Waals surface area contributed by atoms with Crippen LogP contribution in [0.5, 0.6) is 0 Å². The molecule has 2 heterocycles. The van der Waals surface area contributed by atoms with E-state index in [9.17, 15) is 0 Å². The van der Waals surface area contributed by atoms with Gasteiger partial charge in [-0.2, -0.15) is 5.10 Å². The predicted octanol–water partition coefficient (Wildman–Crippen LogP) is 1.79. The van der Waals surface area contributed by atoms with Crippen molar-refractivity contribution in [3.05, 3.63) is 24.8 Å². The van der Waals surface area contributed by atoms with Crippen molar-refractivity contribution in [2.75, 3.05) is 11.9 Å². The normalized spacial score (nSPS) is 10.4. The van der Waals surface area contributed by atoms with Gasteiger partial charge in [0.2, 0.25) is 0 Å². The zero-order chi connectivity index (χ0) is 11.4. The molecule has 0 radical (unpaired) electrons. The fourth-order valence-corrected chi connectivity index (χ4v) is 1.46. The van der Waals surface area contributed by atoms with Crippen LogP contribution in [0.1, 0.15) is 13.8 Å². The van der Waals surface area contributed by atoms with E-state index >= 15 is 0 Å². The van der Waals surface area contributed by atoms with Gasteiger partial charge in [0.25, 0.3) is 0 Å². The molecule has 2 aromatic heterocycles. The largest absolute Gasteiger partial charge is 0.370 e. The summed E-state index contributed by atoms with van der Waals surface area (Å²) in [6.45, 7) is 5.81. The van der Waals surface area contributed by atoms with Crippen molar-refractivity contribution in [2.24, 2.45) is 0 Å². The second-order valence-electron chi connectivity index (χ2n) is 3.40. The van der Waals surface area contributed by atoms with Crippen LogP contribution < -0.4 is 5.32 Å². The van der Waals surface area contributed by atoms with Gasteiger partial charge in [-0.15, -0.1) is 0 Å². The van der Waals surface area contributed by atoms with Gasteiger partial charge in [-0.3, -0.25) is 4.68 Å². The van der Waals surface area contributed by atoms with Crippen molar-refractivity contribution in [3.63, 3.8) is 0 Å². The van der Waals surface area contributed by atoms with E-state index < -0.39 is 0 Å². The van der Waals surface area contributed by atoms with Gasteiger partial charge in [-0.1, -0.05) is 0 Å². The maximum absolute atomic E-state index is 4.24. The first-order chi connectivity index (χ1) is 7.83. The number of anilines is 1. The van der Waals surface area contributed by atoms with Crippen molar-refractivity contribution < 1.29 is 0 Å². The Morgan fingerprint density at radius 2 is 2.19 bits per heavy atom. The molecule has 16 heavy (non-hydrogen) atoms. The molecule has 1 N–H and O–H groups in total. The third-order valence-corrected chi connectivity index (χ3v) is 2.28. The topological polar surface area (TPSA) is 55.6 Å². The first kappa shape index (κ1) is 10.6. The first-order valence-corrected chi connectivity index (χ1v) is 5.42. The first-order valence-electron chi connectivity index (χ1n) is 5.42. The Balaban J connectivity index is 2.28. The number of rotatable bonds is 4. The third-order valence-electron chi connectivity index (χ3n) is 2.28. The standard InChI is InChI=1S/C11H15N5/c1-3-12-11-5-10(13-8-14-11)9-6-15-16(4-2)7-9/h5-8H,3-4H2,1-2H3,(H,12,13,14). The number of aromatic nitrogens is 4.